The van der Waals surface area contributed by atoms with E-state index in [1.807, 2.05) is 24.3 Å². The maximum absolute atomic E-state index is 11.5. The number of aromatic amines is 1. The van der Waals surface area contributed by atoms with Crippen molar-refractivity contribution in [2.75, 3.05) is 0 Å². The topological polar surface area (TPSA) is 58.9 Å². The zero-order chi connectivity index (χ0) is 9.54. The molecule has 0 saturated heterocycles. The van der Waals surface area contributed by atoms with E-state index in [4.69, 9.17) is 4.52 Å². The highest BCUT2D eigenvalue weighted by Gasteiger charge is 2.07. The molecule has 0 fully saturated rings. The zero-order valence-electron chi connectivity index (χ0n) is 7.15. The molecule has 0 aliphatic heterocycles. The SMILES string of the molecule is O=c1[nH]c2ccccc2c2cnoc12. The molecule has 4 nitrogen and oxygen atoms in total. The average Bonchev–Trinajstić information content (AvgIpc) is 2.67. The fourth-order valence-electron chi connectivity index (χ4n) is 1.60. The van der Waals surface area contributed by atoms with Crippen molar-refractivity contribution in [3.8, 4) is 0 Å². The van der Waals surface area contributed by atoms with Crippen LogP contribution < -0.4 is 5.56 Å². The summed E-state index contributed by atoms with van der Waals surface area (Å²) in [5.41, 5.74) is 0.841. The number of hydrogen-bond acceptors (Lipinski definition) is 3. The first-order valence-electron chi connectivity index (χ1n) is 4.22. The number of aromatic nitrogens is 2. The van der Waals surface area contributed by atoms with Crippen molar-refractivity contribution in [2.45, 2.75) is 0 Å². The Morgan fingerprint density at radius 1 is 1.21 bits per heavy atom. The molecule has 0 aliphatic carbocycles. The lowest BCUT2D eigenvalue weighted by atomic mass is 10.1. The highest BCUT2D eigenvalue weighted by atomic mass is 16.5. The summed E-state index contributed by atoms with van der Waals surface area (Å²) in [5, 5.41) is 5.32. The molecule has 4 heteroatoms. The van der Waals surface area contributed by atoms with E-state index in [0.29, 0.717) is 0 Å². The van der Waals surface area contributed by atoms with Gasteiger partial charge in [0.05, 0.1) is 11.6 Å². The Kier molecular flexibility index (Phi) is 1.28. The van der Waals surface area contributed by atoms with Gasteiger partial charge >= 0.3 is 0 Å². The van der Waals surface area contributed by atoms with Gasteiger partial charge in [0.25, 0.3) is 5.56 Å². The van der Waals surface area contributed by atoms with Gasteiger partial charge in [-0.2, -0.15) is 0 Å². The third-order valence-electron chi connectivity index (χ3n) is 2.24. The Hall–Kier alpha value is -2.10. The molecular formula is C10H6N2O2. The van der Waals surface area contributed by atoms with Crippen LogP contribution in [0.25, 0.3) is 21.9 Å². The van der Waals surface area contributed by atoms with Gasteiger partial charge in [-0.1, -0.05) is 23.4 Å². The highest BCUT2D eigenvalue weighted by molar-refractivity contribution is 6.02. The molecule has 68 valence electrons. The smallest absolute Gasteiger partial charge is 0.294 e. The normalized spacial score (nSPS) is 11.1. The van der Waals surface area contributed by atoms with Crippen LogP contribution in [0.1, 0.15) is 0 Å². The summed E-state index contributed by atoms with van der Waals surface area (Å²) in [4.78, 5) is 14.2. The molecule has 14 heavy (non-hydrogen) atoms. The number of nitrogens with one attached hydrogen (secondary N) is 1. The molecule has 2 heterocycles. The fourth-order valence-corrected chi connectivity index (χ4v) is 1.60. The lowest BCUT2D eigenvalue weighted by Crippen LogP contribution is -2.04. The van der Waals surface area contributed by atoms with E-state index in [1.54, 1.807) is 6.20 Å². The highest BCUT2D eigenvalue weighted by Crippen LogP contribution is 2.19. The van der Waals surface area contributed by atoms with Crippen LogP contribution in [-0.2, 0) is 0 Å². The second-order valence-corrected chi connectivity index (χ2v) is 3.07. The monoisotopic (exact) mass is 186 g/mol. The van der Waals surface area contributed by atoms with Crippen LogP contribution in [0.5, 0.6) is 0 Å². The lowest BCUT2D eigenvalue weighted by Gasteiger charge is -1.95. The third-order valence-corrected chi connectivity index (χ3v) is 2.24. The van der Waals surface area contributed by atoms with Crippen LogP contribution in [0.2, 0.25) is 0 Å². The second-order valence-electron chi connectivity index (χ2n) is 3.07. The van der Waals surface area contributed by atoms with Crippen molar-refractivity contribution in [1.29, 1.82) is 0 Å². The summed E-state index contributed by atoms with van der Waals surface area (Å²) < 4.78 is 4.86. The first-order valence-corrected chi connectivity index (χ1v) is 4.22. The molecule has 2 aromatic heterocycles. The van der Waals surface area contributed by atoms with Crippen LogP contribution in [0.3, 0.4) is 0 Å². The number of para-hydroxylation sites is 1. The molecule has 0 amide bonds. The van der Waals surface area contributed by atoms with Gasteiger partial charge in [0.15, 0.2) is 0 Å². The van der Waals surface area contributed by atoms with Crippen molar-refractivity contribution in [3.05, 3.63) is 40.8 Å². The molecule has 0 radical (unpaired) electrons. The molecule has 3 aromatic rings. The number of H-pyrrole nitrogens is 1. The van der Waals surface area contributed by atoms with Gasteiger partial charge in [0.1, 0.15) is 0 Å². The largest absolute Gasteiger partial charge is 0.350 e. The molecule has 0 unspecified atom stereocenters. The van der Waals surface area contributed by atoms with Gasteiger partial charge in [-0.05, 0) is 6.07 Å². The minimum Gasteiger partial charge on any atom is -0.350 e. The summed E-state index contributed by atoms with van der Waals surface area (Å²) in [7, 11) is 0. The molecule has 1 aromatic carbocycles. The Morgan fingerprint density at radius 3 is 3.00 bits per heavy atom. The summed E-state index contributed by atoms with van der Waals surface area (Å²) in [6, 6.07) is 7.55. The maximum atomic E-state index is 11.5. The number of nitrogens with zero attached hydrogens (tertiary/aromatic N) is 1. The quantitative estimate of drug-likeness (QED) is 0.581. The predicted molar refractivity (Wildman–Crippen MR) is 52.1 cm³/mol. The predicted octanol–water partition coefficient (Wildman–Crippen LogP) is 1.67. The van der Waals surface area contributed by atoms with E-state index in [9.17, 15) is 4.79 Å². The maximum Gasteiger partial charge on any atom is 0.294 e. The van der Waals surface area contributed by atoms with Crippen molar-refractivity contribution in [2.24, 2.45) is 0 Å². The Balaban J connectivity index is 2.73. The Labute approximate surface area is 78.1 Å². The van der Waals surface area contributed by atoms with E-state index in [-0.39, 0.29) is 11.1 Å². The van der Waals surface area contributed by atoms with Gasteiger partial charge in [0, 0.05) is 10.9 Å². The minimum absolute atomic E-state index is 0.240. The van der Waals surface area contributed by atoms with Crippen LogP contribution in [0.4, 0.5) is 0 Å². The minimum atomic E-state index is -0.240. The summed E-state index contributed by atoms with van der Waals surface area (Å²) >= 11 is 0. The standard InChI is InChI=1S/C10H6N2O2/c13-10-9-7(5-11-14-9)6-3-1-2-4-8(6)12-10/h1-5H,(H,12,13). The molecule has 1 N–H and O–H groups in total. The van der Waals surface area contributed by atoms with Gasteiger partial charge < -0.3 is 9.51 Å². The second kappa shape index (κ2) is 2.45. The van der Waals surface area contributed by atoms with E-state index in [0.717, 1.165) is 16.3 Å². The summed E-state index contributed by atoms with van der Waals surface area (Å²) in [5.74, 6) is 0. The average molecular weight is 186 g/mol. The van der Waals surface area contributed by atoms with E-state index in [1.165, 1.54) is 0 Å². The number of fused-ring (bicyclic) bond motifs is 3. The summed E-state index contributed by atoms with van der Waals surface area (Å²) in [6.07, 6.45) is 1.56. The van der Waals surface area contributed by atoms with E-state index in [2.05, 4.69) is 10.1 Å². The van der Waals surface area contributed by atoms with Gasteiger partial charge in [-0.25, -0.2) is 0 Å². The van der Waals surface area contributed by atoms with Gasteiger partial charge in [0.2, 0.25) is 5.58 Å². The van der Waals surface area contributed by atoms with Crippen LogP contribution in [-0.4, -0.2) is 10.1 Å². The van der Waals surface area contributed by atoms with E-state index < -0.39 is 0 Å². The third kappa shape index (κ3) is 0.821. The van der Waals surface area contributed by atoms with Gasteiger partial charge in [-0.3, -0.25) is 4.79 Å². The fraction of sp³-hybridized carbons (Fsp3) is 0. The van der Waals surface area contributed by atoms with Crippen LogP contribution >= 0.6 is 0 Å². The van der Waals surface area contributed by atoms with Crippen molar-refractivity contribution in [1.82, 2.24) is 10.1 Å². The molecule has 0 aliphatic rings. The zero-order valence-corrected chi connectivity index (χ0v) is 7.15. The van der Waals surface area contributed by atoms with Crippen molar-refractivity contribution >= 4 is 21.9 Å². The lowest BCUT2D eigenvalue weighted by molar-refractivity contribution is 0.453. The first kappa shape index (κ1) is 7.32. The first-order chi connectivity index (χ1) is 6.86. The van der Waals surface area contributed by atoms with E-state index >= 15 is 0 Å². The molecule has 0 spiro atoms. The molecule has 0 bridgehead atoms. The van der Waals surface area contributed by atoms with Crippen LogP contribution in [0.15, 0.2) is 39.8 Å². The number of rotatable bonds is 0. The number of hydrogen-bond donors (Lipinski definition) is 1. The Morgan fingerprint density at radius 2 is 2.07 bits per heavy atom. The number of pyridine rings is 1. The van der Waals surface area contributed by atoms with Crippen molar-refractivity contribution < 1.29 is 4.52 Å². The molecule has 0 atom stereocenters. The summed E-state index contributed by atoms with van der Waals surface area (Å²) in [6.45, 7) is 0. The van der Waals surface area contributed by atoms with Gasteiger partial charge in [-0.15, -0.1) is 0 Å². The Bertz CT molecular complexity index is 666. The number of benzene rings is 1. The molecular weight excluding hydrogens is 180 g/mol. The molecule has 0 saturated carbocycles. The molecule has 3 rings (SSSR count). The van der Waals surface area contributed by atoms with Crippen LogP contribution in [0, 0.1) is 0 Å². The van der Waals surface area contributed by atoms with Crippen molar-refractivity contribution in [3.63, 3.8) is 0 Å².